The van der Waals surface area contributed by atoms with Crippen LogP contribution < -0.4 is 11.1 Å². The zero-order chi connectivity index (χ0) is 15.2. The second kappa shape index (κ2) is 7.04. The number of likely N-dealkylation sites (N-methyl/N-ethyl adjacent to an activating group) is 2. The van der Waals surface area contributed by atoms with E-state index in [0.717, 1.165) is 23.0 Å². The maximum atomic E-state index is 11.7. The maximum absolute atomic E-state index is 11.7. The molecule has 5 heteroatoms. The van der Waals surface area contributed by atoms with Crippen molar-refractivity contribution >= 4 is 22.6 Å². The number of fused-ring (bicyclic) bond motifs is 1. The van der Waals surface area contributed by atoms with Crippen LogP contribution in [0.5, 0.6) is 0 Å². The van der Waals surface area contributed by atoms with Gasteiger partial charge in [0.25, 0.3) is 0 Å². The molecule has 5 nitrogen and oxygen atoms in total. The third-order valence-corrected chi connectivity index (χ3v) is 3.42. The lowest BCUT2D eigenvalue weighted by Crippen LogP contribution is -2.36. The lowest BCUT2D eigenvalue weighted by molar-refractivity contribution is -0.122. The number of nitrogens with two attached hydrogens (primary N) is 1. The number of benzene rings is 1. The number of pyridine rings is 1. The molecule has 112 valence electrons. The molecule has 0 aliphatic heterocycles. The molecule has 0 bridgehead atoms. The summed E-state index contributed by atoms with van der Waals surface area (Å²) in [6.45, 7) is 6.37. The molecule has 1 heterocycles. The second-order valence-electron chi connectivity index (χ2n) is 4.98. The molecule has 0 aliphatic rings. The minimum absolute atomic E-state index is 0.0340. The van der Waals surface area contributed by atoms with Crippen LogP contribution in [0.2, 0.25) is 0 Å². The van der Waals surface area contributed by atoms with Crippen LogP contribution in [0.25, 0.3) is 10.9 Å². The lowest BCUT2D eigenvalue weighted by atomic mass is 10.1. The van der Waals surface area contributed by atoms with Gasteiger partial charge in [-0.25, -0.2) is 4.98 Å². The molecule has 0 fully saturated rings. The number of aromatic nitrogens is 1. The van der Waals surface area contributed by atoms with Crippen molar-refractivity contribution in [3.05, 3.63) is 35.9 Å². The van der Waals surface area contributed by atoms with E-state index < -0.39 is 0 Å². The summed E-state index contributed by atoms with van der Waals surface area (Å²) >= 11 is 0. The van der Waals surface area contributed by atoms with Gasteiger partial charge in [-0.05, 0) is 25.6 Å². The topological polar surface area (TPSA) is 71.2 Å². The predicted molar refractivity (Wildman–Crippen MR) is 85.8 cm³/mol. The van der Waals surface area contributed by atoms with Crippen molar-refractivity contribution in [3.8, 4) is 0 Å². The van der Waals surface area contributed by atoms with Gasteiger partial charge in [0.15, 0.2) is 0 Å². The van der Waals surface area contributed by atoms with Gasteiger partial charge in [0.2, 0.25) is 5.91 Å². The fraction of sp³-hybridized carbons (Fsp3) is 0.375. The predicted octanol–water partition coefficient (Wildman–Crippen LogP) is 1.77. The number of nitrogens with one attached hydrogen (secondary N) is 1. The zero-order valence-corrected chi connectivity index (χ0v) is 12.6. The molecule has 1 amide bonds. The minimum atomic E-state index is 0.0340. The van der Waals surface area contributed by atoms with Crippen molar-refractivity contribution in [3.63, 3.8) is 0 Å². The van der Waals surface area contributed by atoms with Gasteiger partial charge >= 0.3 is 0 Å². The third kappa shape index (κ3) is 3.92. The van der Waals surface area contributed by atoms with E-state index in [1.165, 1.54) is 0 Å². The Hall–Kier alpha value is -2.14. The lowest BCUT2D eigenvalue weighted by Gasteiger charge is -2.20. The SMILES string of the molecule is CCNC(=O)CN(CC)Cc1cc2ccccc2nc1N. The van der Waals surface area contributed by atoms with Crippen molar-refractivity contribution in [2.75, 3.05) is 25.4 Å². The van der Waals surface area contributed by atoms with E-state index in [9.17, 15) is 4.79 Å². The average molecular weight is 286 g/mol. The molecule has 0 unspecified atom stereocenters. The van der Waals surface area contributed by atoms with Crippen molar-refractivity contribution in [2.24, 2.45) is 0 Å². The van der Waals surface area contributed by atoms with E-state index in [-0.39, 0.29) is 5.91 Å². The molecule has 0 atom stereocenters. The monoisotopic (exact) mass is 286 g/mol. The van der Waals surface area contributed by atoms with Crippen LogP contribution in [0.15, 0.2) is 30.3 Å². The molecule has 0 aliphatic carbocycles. The van der Waals surface area contributed by atoms with Crippen LogP contribution in [0.3, 0.4) is 0 Å². The number of para-hydroxylation sites is 1. The second-order valence-corrected chi connectivity index (χ2v) is 4.98. The van der Waals surface area contributed by atoms with E-state index in [1.807, 2.05) is 43.0 Å². The van der Waals surface area contributed by atoms with Crippen LogP contribution in [0, 0.1) is 0 Å². The van der Waals surface area contributed by atoms with Gasteiger partial charge in [-0.15, -0.1) is 0 Å². The van der Waals surface area contributed by atoms with E-state index in [1.54, 1.807) is 0 Å². The van der Waals surface area contributed by atoms with Crippen LogP contribution in [0.4, 0.5) is 5.82 Å². The molecule has 1 aromatic carbocycles. The number of nitrogen functional groups attached to an aromatic ring is 1. The normalized spacial score (nSPS) is 11.0. The van der Waals surface area contributed by atoms with Gasteiger partial charge in [0.1, 0.15) is 5.82 Å². The Morgan fingerprint density at radius 1 is 1.33 bits per heavy atom. The van der Waals surface area contributed by atoms with E-state index in [4.69, 9.17) is 5.73 Å². The Morgan fingerprint density at radius 3 is 2.81 bits per heavy atom. The smallest absolute Gasteiger partial charge is 0.234 e. The van der Waals surface area contributed by atoms with Crippen molar-refractivity contribution < 1.29 is 4.79 Å². The Labute approximate surface area is 125 Å². The van der Waals surface area contributed by atoms with Crippen molar-refractivity contribution in [1.82, 2.24) is 15.2 Å². The average Bonchev–Trinajstić information content (AvgIpc) is 2.47. The third-order valence-electron chi connectivity index (χ3n) is 3.42. The Kier molecular flexibility index (Phi) is 5.11. The number of hydrogen-bond acceptors (Lipinski definition) is 4. The molecular weight excluding hydrogens is 264 g/mol. The van der Waals surface area contributed by atoms with E-state index in [2.05, 4.69) is 16.4 Å². The van der Waals surface area contributed by atoms with E-state index >= 15 is 0 Å². The first-order valence-electron chi connectivity index (χ1n) is 7.27. The van der Waals surface area contributed by atoms with Gasteiger partial charge in [0, 0.05) is 24.0 Å². The molecule has 3 N–H and O–H groups in total. The molecule has 0 radical (unpaired) electrons. The molecule has 0 saturated carbocycles. The van der Waals surface area contributed by atoms with Gasteiger partial charge < -0.3 is 11.1 Å². The number of rotatable bonds is 6. The zero-order valence-electron chi connectivity index (χ0n) is 12.6. The summed E-state index contributed by atoms with van der Waals surface area (Å²) < 4.78 is 0. The number of hydrogen-bond donors (Lipinski definition) is 2. The highest BCUT2D eigenvalue weighted by Gasteiger charge is 2.12. The fourth-order valence-electron chi connectivity index (χ4n) is 2.28. The quantitative estimate of drug-likeness (QED) is 0.849. The Balaban J connectivity index is 2.17. The molecule has 2 rings (SSSR count). The highest BCUT2D eigenvalue weighted by atomic mass is 16.2. The fourth-order valence-corrected chi connectivity index (χ4v) is 2.28. The Morgan fingerprint density at radius 2 is 2.10 bits per heavy atom. The molecule has 0 spiro atoms. The standard InChI is InChI=1S/C16H22N4O/c1-3-18-15(21)11-20(4-2)10-13-9-12-7-5-6-8-14(12)19-16(13)17/h5-9H,3-4,10-11H2,1-2H3,(H2,17,19)(H,18,21). The number of carbonyl (C=O) groups excluding carboxylic acids is 1. The highest BCUT2D eigenvalue weighted by Crippen LogP contribution is 2.19. The summed E-state index contributed by atoms with van der Waals surface area (Å²) in [5.74, 6) is 0.565. The van der Waals surface area contributed by atoms with E-state index in [0.29, 0.717) is 25.5 Å². The molecule has 1 aromatic heterocycles. The van der Waals surface area contributed by atoms with Crippen LogP contribution >= 0.6 is 0 Å². The summed E-state index contributed by atoms with van der Waals surface area (Å²) in [6.07, 6.45) is 0. The van der Waals surface area contributed by atoms with Crippen LogP contribution in [0.1, 0.15) is 19.4 Å². The maximum Gasteiger partial charge on any atom is 0.234 e. The van der Waals surface area contributed by atoms with Gasteiger partial charge in [0.05, 0.1) is 12.1 Å². The number of nitrogens with zero attached hydrogens (tertiary/aromatic N) is 2. The number of anilines is 1. The molecular formula is C16H22N4O. The van der Waals surface area contributed by atoms with Crippen molar-refractivity contribution in [2.45, 2.75) is 20.4 Å². The first-order chi connectivity index (χ1) is 10.1. The number of carbonyl (C=O) groups is 1. The van der Waals surface area contributed by atoms with Crippen LogP contribution in [-0.4, -0.2) is 35.4 Å². The summed E-state index contributed by atoms with van der Waals surface area (Å²) in [7, 11) is 0. The largest absolute Gasteiger partial charge is 0.383 e. The first-order valence-corrected chi connectivity index (χ1v) is 7.27. The Bertz CT molecular complexity index is 627. The summed E-state index contributed by atoms with van der Waals surface area (Å²) in [5, 5.41) is 3.88. The summed E-state index contributed by atoms with van der Waals surface area (Å²) in [5.41, 5.74) is 7.89. The molecule has 0 saturated heterocycles. The minimum Gasteiger partial charge on any atom is -0.383 e. The summed E-state index contributed by atoms with van der Waals surface area (Å²) in [4.78, 5) is 18.2. The first kappa shape index (κ1) is 15.3. The molecule has 21 heavy (non-hydrogen) atoms. The van der Waals surface area contributed by atoms with Gasteiger partial charge in [-0.3, -0.25) is 9.69 Å². The molecule has 2 aromatic rings. The van der Waals surface area contributed by atoms with Crippen LogP contribution in [-0.2, 0) is 11.3 Å². The number of amides is 1. The van der Waals surface area contributed by atoms with Gasteiger partial charge in [-0.2, -0.15) is 0 Å². The van der Waals surface area contributed by atoms with Crippen molar-refractivity contribution in [1.29, 1.82) is 0 Å². The van der Waals surface area contributed by atoms with Gasteiger partial charge in [-0.1, -0.05) is 25.1 Å². The summed E-state index contributed by atoms with van der Waals surface area (Å²) in [6, 6.07) is 9.95. The highest BCUT2D eigenvalue weighted by molar-refractivity contribution is 5.81.